The normalized spacial score (nSPS) is 14.9. The molecule has 1 aliphatic rings. The largest absolute Gasteiger partial charge is 0.0693 e. The average Bonchev–Trinajstić information content (AvgIpc) is 2.19. The van der Waals surface area contributed by atoms with E-state index in [1.165, 1.54) is 40.7 Å². The molecule has 0 N–H and O–H groups in total. The first kappa shape index (κ1) is 9.51. The monoisotopic (exact) mass is 185 g/mol. The summed E-state index contributed by atoms with van der Waals surface area (Å²) in [6.45, 7) is 8.33. The molecule has 0 amide bonds. The van der Waals surface area contributed by atoms with Crippen LogP contribution in [-0.4, -0.2) is 0 Å². The predicted octanol–water partition coefficient (Wildman–Crippen LogP) is 3.86. The van der Waals surface area contributed by atoms with Crippen LogP contribution in [0.4, 0.5) is 0 Å². The van der Waals surface area contributed by atoms with Gasteiger partial charge in [0.1, 0.15) is 0 Å². The highest BCUT2D eigenvalue weighted by molar-refractivity contribution is 5.61. The smallest absolute Gasteiger partial charge is 0.0222 e. The van der Waals surface area contributed by atoms with Crippen LogP contribution in [0.2, 0.25) is 0 Å². The second kappa shape index (κ2) is 3.61. The molecular weight excluding hydrogens is 168 g/mol. The van der Waals surface area contributed by atoms with Crippen LogP contribution in [0.1, 0.15) is 35.1 Å². The Kier molecular flexibility index (Phi) is 2.45. The molecule has 0 unspecified atom stereocenters. The van der Waals surface area contributed by atoms with E-state index in [2.05, 4.69) is 39.0 Å². The number of rotatable bonds is 1. The summed E-state index contributed by atoms with van der Waals surface area (Å²) in [6, 6.07) is 4.64. The van der Waals surface area contributed by atoms with Crippen molar-refractivity contribution in [3.05, 3.63) is 46.9 Å². The van der Waals surface area contributed by atoms with Gasteiger partial charge in [0.2, 0.25) is 0 Å². The Morgan fingerprint density at radius 1 is 1.14 bits per heavy atom. The fraction of sp³-hybridized carbons (Fsp3) is 0.357. The van der Waals surface area contributed by atoms with E-state index in [1.807, 2.05) is 0 Å². The molecule has 0 saturated heterocycles. The van der Waals surface area contributed by atoms with E-state index in [1.54, 1.807) is 0 Å². The SMILES string of the molecule is [CH2]CC1=Cc2cc(C)c(C)cc2CC1. The van der Waals surface area contributed by atoms with Gasteiger partial charge in [0.25, 0.3) is 0 Å². The number of hydrogen-bond acceptors (Lipinski definition) is 0. The summed E-state index contributed by atoms with van der Waals surface area (Å²) in [4.78, 5) is 0. The van der Waals surface area contributed by atoms with Crippen LogP contribution in [0.3, 0.4) is 0 Å². The summed E-state index contributed by atoms with van der Waals surface area (Å²) in [5.41, 5.74) is 7.21. The van der Waals surface area contributed by atoms with E-state index in [0.717, 1.165) is 6.42 Å². The number of allylic oxidation sites excluding steroid dienone is 1. The summed E-state index contributed by atoms with van der Waals surface area (Å²) in [5, 5.41) is 0. The third-order valence-electron chi connectivity index (χ3n) is 3.15. The molecule has 14 heavy (non-hydrogen) atoms. The van der Waals surface area contributed by atoms with Gasteiger partial charge in [-0.05, 0) is 62.3 Å². The molecule has 2 rings (SSSR count). The molecular formula is C14H17. The van der Waals surface area contributed by atoms with Crippen molar-refractivity contribution in [2.75, 3.05) is 0 Å². The second-order valence-electron chi connectivity index (χ2n) is 4.19. The molecule has 0 heteroatoms. The lowest BCUT2D eigenvalue weighted by atomic mass is 9.88. The van der Waals surface area contributed by atoms with Crippen LogP contribution in [0.5, 0.6) is 0 Å². The Morgan fingerprint density at radius 3 is 2.57 bits per heavy atom. The van der Waals surface area contributed by atoms with Gasteiger partial charge in [-0.15, -0.1) is 0 Å². The van der Waals surface area contributed by atoms with Crippen molar-refractivity contribution in [2.45, 2.75) is 33.1 Å². The molecule has 1 aromatic carbocycles. The quantitative estimate of drug-likeness (QED) is 0.623. The van der Waals surface area contributed by atoms with Crippen LogP contribution in [-0.2, 0) is 6.42 Å². The molecule has 0 spiro atoms. The molecule has 0 atom stereocenters. The van der Waals surface area contributed by atoms with Gasteiger partial charge < -0.3 is 0 Å². The molecule has 1 radical (unpaired) electrons. The Labute approximate surface area is 86.7 Å². The second-order valence-corrected chi connectivity index (χ2v) is 4.19. The fourth-order valence-electron chi connectivity index (χ4n) is 2.03. The van der Waals surface area contributed by atoms with Crippen molar-refractivity contribution >= 4 is 6.08 Å². The molecule has 0 fully saturated rings. The van der Waals surface area contributed by atoms with Crippen LogP contribution in [0.25, 0.3) is 6.08 Å². The van der Waals surface area contributed by atoms with Crippen LogP contribution >= 0.6 is 0 Å². The van der Waals surface area contributed by atoms with E-state index in [9.17, 15) is 0 Å². The van der Waals surface area contributed by atoms with Gasteiger partial charge in [-0.1, -0.05) is 23.8 Å². The van der Waals surface area contributed by atoms with E-state index in [0.29, 0.717) is 0 Å². The molecule has 1 aromatic rings. The lowest BCUT2D eigenvalue weighted by Gasteiger charge is -2.17. The third kappa shape index (κ3) is 1.61. The maximum atomic E-state index is 3.95. The molecule has 0 aromatic heterocycles. The summed E-state index contributed by atoms with van der Waals surface area (Å²) >= 11 is 0. The van der Waals surface area contributed by atoms with Crippen molar-refractivity contribution < 1.29 is 0 Å². The first-order valence-corrected chi connectivity index (χ1v) is 5.29. The average molecular weight is 185 g/mol. The summed E-state index contributed by atoms with van der Waals surface area (Å²) in [7, 11) is 0. The summed E-state index contributed by atoms with van der Waals surface area (Å²) < 4.78 is 0. The van der Waals surface area contributed by atoms with Crippen LogP contribution in [0.15, 0.2) is 17.7 Å². The molecule has 0 bridgehead atoms. The van der Waals surface area contributed by atoms with E-state index in [4.69, 9.17) is 0 Å². The first-order valence-electron chi connectivity index (χ1n) is 5.29. The van der Waals surface area contributed by atoms with Crippen molar-refractivity contribution in [3.63, 3.8) is 0 Å². The van der Waals surface area contributed by atoms with Crippen molar-refractivity contribution in [1.29, 1.82) is 0 Å². The van der Waals surface area contributed by atoms with Crippen LogP contribution in [0, 0.1) is 20.8 Å². The van der Waals surface area contributed by atoms with Gasteiger partial charge >= 0.3 is 0 Å². The molecule has 0 aliphatic heterocycles. The lowest BCUT2D eigenvalue weighted by Crippen LogP contribution is -2.00. The number of fused-ring (bicyclic) bond motifs is 1. The predicted molar refractivity (Wildman–Crippen MR) is 62.2 cm³/mol. The maximum Gasteiger partial charge on any atom is -0.0222 e. The van der Waals surface area contributed by atoms with Crippen molar-refractivity contribution in [2.24, 2.45) is 0 Å². The fourth-order valence-corrected chi connectivity index (χ4v) is 2.03. The van der Waals surface area contributed by atoms with Gasteiger partial charge in [-0.2, -0.15) is 0 Å². The number of aryl methyl sites for hydroxylation is 3. The molecule has 73 valence electrons. The van der Waals surface area contributed by atoms with E-state index >= 15 is 0 Å². The third-order valence-corrected chi connectivity index (χ3v) is 3.15. The highest BCUT2D eigenvalue weighted by Gasteiger charge is 2.10. The minimum Gasteiger partial charge on any atom is -0.0693 e. The Balaban J connectivity index is 2.48. The summed E-state index contributed by atoms with van der Waals surface area (Å²) in [5.74, 6) is 0. The van der Waals surface area contributed by atoms with Gasteiger partial charge in [-0.3, -0.25) is 0 Å². The zero-order valence-electron chi connectivity index (χ0n) is 9.06. The van der Waals surface area contributed by atoms with Crippen molar-refractivity contribution in [1.82, 2.24) is 0 Å². The number of hydrogen-bond donors (Lipinski definition) is 0. The Morgan fingerprint density at radius 2 is 1.86 bits per heavy atom. The summed E-state index contributed by atoms with van der Waals surface area (Å²) in [6.07, 6.45) is 5.65. The van der Waals surface area contributed by atoms with Gasteiger partial charge in [0.05, 0.1) is 0 Å². The highest BCUT2D eigenvalue weighted by Crippen LogP contribution is 2.27. The standard InChI is InChI=1S/C14H17/c1-4-12-5-6-13-7-10(2)11(3)8-14(13)9-12/h7-9H,1,4-6H2,2-3H3. The lowest BCUT2D eigenvalue weighted by molar-refractivity contribution is 0.895. The topological polar surface area (TPSA) is 0 Å². The van der Waals surface area contributed by atoms with Gasteiger partial charge in [0.15, 0.2) is 0 Å². The minimum atomic E-state index is 0.951. The maximum absolute atomic E-state index is 3.95. The van der Waals surface area contributed by atoms with E-state index in [-0.39, 0.29) is 0 Å². The first-order chi connectivity index (χ1) is 6.70. The zero-order valence-corrected chi connectivity index (χ0v) is 9.06. The molecule has 0 nitrogen and oxygen atoms in total. The van der Waals surface area contributed by atoms with E-state index < -0.39 is 0 Å². The van der Waals surface area contributed by atoms with Crippen LogP contribution < -0.4 is 0 Å². The Bertz CT molecular complexity index is 383. The zero-order chi connectivity index (χ0) is 10.1. The molecule has 0 saturated carbocycles. The molecule has 0 heterocycles. The minimum absolute atomic E-state index is 0.951. The Hall–Kier alpha value is -1.04. The van der Waals surface area contributed by atoms with Gasteiger partial charge in [-0.25, -0.2) is 0 Å². The molecule has 1 aliphatic carbocycles. The highest BCUT2D eigenvalue weighted by atomic mass is 14.1. The number of benzene rings is 1. The van der Waals surface area contributed by atoms with Gasteiger partial charge in [0, 0.05) is 0 Å². The van der Waals surface area contributed by atoms with Crippen molar-refractivity contribution in [3.8, 4) is 0 Å².